The number of fused-ring (bicyclic) bond motifs is 6. The molecule has 2 heterocycles. The van der Waals surface area contributed by atoms with E-state index in [2.05, 4.69) is 154 Å². The van der Waals surface area contributed by atoms with E-state index >= 15 is 0 Å². The molecule has 0 spiro atoms. The molecule has 2 aromatic heterocycles. The van der Waals surface area contributed by atoms with Crippen LogP contribution in [0.4, 0.5) is 0 Å². The second-order valence-corrected chi connectivity index (χ2v) is 13.7. The molecule has 0 unspecified atom stereocenters. The van der Waals surface area contributed by atoms with E-state index < -0.39 is 0 Å². The van der Waals surface area contributed by atoms with Crippen LogP contribution in [0.15, 0.2) is 146 Å². The summed E-state index contributed by atoms with van der Waals surface area (Å²) in [5.41, 5.74) is 17.8. The Morgan fingerprint density at radius 3 is 1.54 bits per heavy atom. The van der Waals surface area contributed by atoms with Gasteiger partial charge in [0.15, 0.2) is 0 Å². The molecule has 266 valence electrons. The number of aromatic nitrogens is 2. The molecule has 0 bridgehead atoms. The van der Waals surface area contributed by atoms with Crippen molar-refractivity contribution in [2.24, 2.45) is 0 Å². The van der Waals surface area contributed by atoms with Gasteiger partial charge < -0.3 is 9.97 Å². The molecule has 54 heavy (non-hydrogen) atoms. The van der Waals surface area contributed by atoms with Crippen molar-refractivity contribution in [2.45, 2.75) is 27.7 Å². The van der Waals surface area contributed by atoms with E-state index in [9.17, 15) is 0 Å². The molecule has 2 nitrogen and oxygen atoms in total. The number of hydrogen-bond donors (Lipinski definition) is 0. The van der Waals surface area contributed by atoms with Gasteiger partial charge in [0.25, 0.3) is 0 Å². The van der Waals surface area contributed by atoms with E-state index in [0.29, 0.717) is 0 Å². The smallest absolute Gasteiger partial charge is 0.0161 e. The second kappa shape index (κ2) is 15.3. The molecule has 9 rings (SSSR count). The first kappa shape index (κ1) is 37.2. The van der Waals surface area contributed by atoms with Crippen molar-refractivity contribution in [1.29, 1.82) is 0 Å². The molecule has 2 radical (unpaired) electrons. The summed E-state index contributed by atoms with van der Waals surface area (Å²) in [6.07, 6.45) is 3.70. The van der Waals surface area contributed by atoms with Crippen molar-refractivity contribution in [3.63, 3.8) is 0 Å². The van der Waals surface area contributed by atoms with Crippen LogP contribution in [-0.2, 0) is 40.2 Å². The monoisotopic (exact) mass is 1050 g/mol. The molecule has 0 N–H and O–H groups in total. The third-order valence-corrected chi connectivity index (χ3v) is 10.9. The van der Waals surface area contributed by atoms with Crippen molar-refractivity contribution in [2.75, 3.05) is 0 Å². The zero-order valence-electron chi connectivity index (χ0n) is 30.4. The van der Waals surface area contributed by atoms with Gasteiger partial charge in [0, 0.05) is 52.6 Å². The first-order valence-corrected chi connectivity index (χ1v) is 17.8. The SMILES string of the molecule is Cc1c(C)c(-c2ccccc2-c2c[c-]c3c(c2)c2ccccc2c2cccnc32)c(C)c(C)c1-c1ccccc1-c1c[c-]c(-c2ccccn2)cc1.[Ir].[Ir]. The molecule has 9 aromatic rings. The summed E-state index contributed by atoms with van der Waals surface area (Å²) < 4.78 is 0. The van der Waals surface area contributed by atoms with E-state index in [-0.39, 0.29) is 40.2 Å². The van der Waals surface area contributed by atoms with Crippen LogP contribution in [0.2, 0.25) is 0 Å². The number of pyridine rings is 2. The fourth-order valence-corrected chi connectivity index (χ4v) is 8.14. The average Bonchev–Trinajstić information content (AvgIpc) is 3.21. The van der Waals surface area contributed by atoms with Crippen molar-refractivity contribution in [3.05, 3.63) is 180 Å². The predicted molar refractivity (Wildman–Crippen MR) is 218 cm³/mol. The Balaban J connectivity index is 0.00000225. The van der Waals surface area contributed by atoms with E-state index in [1.165, 1.54) is 71.8 Å². The van der Waals surface area contributed by atoms with E-state index in [4.69, 9.17) is 4.98 Å². The van der Waals surface area contributed by atoms with Crippen LogP contribution in [0.3, 0.4) is 0 Å². The van der Waals surface area contributed by atoms with Crippen LogP contribution in [0.5, 0.6) is 0 Å². The van der Waals surface area contributed by atoms with Gasteiger partial charge in [0.05, 0.1) is 0 Å². The number of rotatable bonds is 5. The summed E-state index contributed by atoms with van der Waals surface area (Å²) in [6.45, 7) is 9.13. The molecule has 0 amide bonds. The van der Waals surface area contributed by atoms with Gasteiger partial charge in [-0.05, 0) is 106 Å². The summed E-state index contributed by atoms with van der Waals surface area (Å²) in [4.78, 5) is 9.33. The van der Waals surface area contributed by atoms with Crippen molar-refractivity contribution >= 4 is 32.4 Å². The van der Waals surface area contributed by atoms with Crippen LogP contribution in [-0.4, -0.2) is 9.97 Å². The third kappa shape index (κ3) is 6.24. The molecular weight excluding hydrogens is 1010 g/mol. The summed E-state index contributed by atoms with van der Waals surface area (Å²) in [5, 5.41) is 5.83. The summed E-state index contributed by atoms with van der Waals surface area (Å²) >= 11 is 0. The van der Waals surface area contributed by atoms with Gasteiger partial charge in [0.2, 0.25) is 0 Å². The Bertz CT molecular complexity index is 2760. The van der Waals surface area contributed by atoms with Gasteiger partial charge in [-0.3, -0.25) is 0 Å². The zero-order valence-corrected chi connectivity index (χ0v) is 35.2. The largest absolute Gasteiger partial charge is 0.305 e. The molecule has 4 heteroatoms. The predicted octanol–water partition coefficient (Wildman–Crippen LogP) is 13.1. The summed E-state index contributed by atoms with van der Waals surface area (Å²) in [6, 6.07) is 54.5. The maximum atomic E-state index is 4.81. The Morgan fingerprint density at radius 2 is 0.944 bits per heavy atom. The average molecular weight is 1050 g/mol. The van der Waals surface area contributed by atoms with Crippen LogP contribution in [0.1, 0.15) is 22.3 Å². The molecule has 0 aliphatic carbocycles. The Labute approximate surface area is 344 Å². The summed E-state index contributed by atoms with van der Waals surface area (Å²) in [7, 11) is 0. The number of nitrogens with zero attached hydrogens (tertiary/aromatic N) is 2. The first-order chi connectivity index (χ1) is 25.5. The maximum absolute atomic E-state index is 4.81. The molecule has 7 aromatic carbocycles. The minimum absolute atomic E-state index is 0. The molecule has 0 atom stereocenters. The topological polar surface area (TPSA) is 25.8 Å². The molecule has 0 aliphatic heterocycles. The number of hydrogen-bond acceptors (Lipinski definition) is 2. The van der Waals surface area contributed by atoms with Gasteiger partial charge in [-0.15, -0.1) is 53.4 Å². The standard InChI is InChI=1S/C50H36N2.2Ir/c1-31-33(3)49(34(4)32(2)48(31)42-18-9-5-14-38(42)35-22-24-36(25-23-35)47-21-11-12-28-51-47)43-19-10-6-15-39(43)37-26-27-45-46(30-37)41-17-8-7-16-40(41)44-20-13-29-52-50(44)45;;/h5-24,26,28-30H,1-4H3;;/q-2;;. The second-order valence-electron chi connectivity index (χ2n) is 13.7. The van der Waals surface area contributed by atoms with Crippen molar-refractivity contribution in [3.8, 4) is 55.8 Å². The summed E-state index contributed by atoms with van der Waals surface area (Å²) in [5.74, 6) is 0. The van der Waals surface area contributed by atoms with Gasteiger partial charge in [-0.2, -0.15) is 0 Å². The van der Waals surface area contributed by atoms with Gasteiger partial charge >= 0.3 is 0 Å². The fraction of sp³-hybridized carbons (Fsp3) is 0.0800. The molecule has 0 saturated heterocycles. The fourth-order valence-electron chi connectivity index (χ4n) is 8.14. The van der Waals surface area contributed by atoms with Crippen LogP contribution >= 0.6 is 0 Å². The van der Waals surface area contributed by atoms with Crippen LogP contribution in [0.25, 0.3) is 88.2 Å². The van der Waals surface area contributed by atoms with Crippen molar-refractivity contribution in [1.82, 2.24) is 9.97 Å². The molecule has 0 fully saturated rings. The van der Waals surface area contributed by atoms with Crippen LogP contribution < -0.4 is 0 Å². The normalized spacial score (nSPS) is 11.0. The first-order valence-electron chi connectivity index (χ1n) is 17.8. The van der Waals surface area contributed by atoms with Gasteiger partial charge in [-0.1, -0.05) is 124 Å². The Hall–Kier alpha value is -5.08. The van der Waals surface area contributed by atoms with E-state index in [1.54, 1.807) is 0 Å². The quantitative estimate of drug-likeness (QED) is 0.127. The van der Waals surface area contributed by atoms with Gasteiger partial charge in [-0.25, -0.2) is 0 Å². The van der Waals surface area contributed by atoms with E-state index in [0.717, 1.165) is 38.7 Å². The van der Waals surface area contributed by atoms with E-state index in [1.807, 2.05) is 36.7 Å². The Morgan fingerprint density at radius 1 is 0.426 bits per heavy atom. The molecular formula is C50H36Ir2N2-2. The zero-order chi connectivity index (χ0) is 35.3. The molecule has 0 saturated carbocycles. The minimum Gasteiger partial charge on any atom is -0.305 e. The Kier molecular flexibility index (Phi) is 10.6. The van der Waals surface area contributed by atoms with Gasteiger partial charge in [0.1, 0.15) is 0 Å². The van der Waals surface area contributed by atoms with Crippen molar-refractivity contribution < 1.29 is 40.2 Å². The number of benzene rings is 7. The minimum atomic E-state index is 0. The maximum Gasteiger partial charge on any atom is 0.0161 e. The molecule has 0 aliphatic rings. The third-order valence-electron chi connectivity index (χ3n) is 10.9. The van der Waals surface area contributed by atoms with Crippen LogP contribution in [0, 0.1) is 39.8 Å².